The molecule has 0 aromatic carbocycles. The van der Waals surface area contributed by atoms with Gasteiger partial charge in [0.05, 0.1) is 4.88 Å². The monoisotopic (exact) mass is 394 g/mol. The van der Waals surface area contributed by atoms with Gasteiger partial charge in [-0.05, 0) is 48.1 Å². The lowest BCUT2D eigenvalue weighted by Gasteiger charge is -2.33. The highest BCUT2D eigenvalue weighted by molar-refractivity contribution is 7.14. The first-order chi connectivity index (χ1) is 12.5. The number of hydrazine groups is 1. The first-order valence-corrected chi connectivity index (χ1v) is 10.1. The van der Waals surface area contributed by atoms with Gasteiger partial charge in [0.1, 0.15) is 6.04 Å². The molecule has 1 aliphatic rings. The topological polar surface area (TPSA) is 113 Å². The van der Waals surface area contributed by atoms with E-state index in [1.54, 1.807) is 13.8 Å². The highest BCUT2D eigenvalue weighted by Crippen LogP contribution is 2.40. The van der Waals surface area contributed by atoms with Gasteiger partial charge in [0.15, 0.2) is 0 Å². The number of hydrogen-bond donors (Lipinski definition) is 4. The average Bonchev–Trinajstić information content (AvgIpc) is 2.99. The molecule has 2 rings (SSSR count). The van der Waals surface area contributed by atoms with Crippen molar-refractivity contribution in [2.45, 2.75) is 59.9 Å². The zero-order chi connectivity index (χ0) is 20.4. The Hall–Kier alpha value is -2.09. The van der Waals surface area contributed by atoms with Crippen molar-refractivity contribution in [1.82, 2.24) is 16.2 Å². The lowest BCUT2D eigenvalue weighted by molar-refractivity contribution is -0.124. The molecule has 1 aromatic rings. The largest absolute Gasteiger partial charge is 0.352 e. The zero-order valence-corrected chi connectivity index (χ0v) is 17.5. The molecule has 27 heavy (non-hydrogen) atoms. The molecule has 0 bridgehead atoms. The van der Waals surface area contributed by atoms with E-state index in [-0.39, 0.29) is 17.2 Å². The molecule has 2 atom stereocenters. The number of thiophene rings is 1. The molecule has 4 amide bonds. The third-order valence-corrected chi connectivity index (χ3v) is 6.31. The number of nitrogens with one attached hydrogen (secondary N) is 3. The van der Waals surface area contributed by atoms with Crippen molar-refractivity contribution in [3.05, 3.63) is 21.4 Å². The summed E-state index contributed by atoms with van der Waals surface area (Å²) in [4.78, 5) is 37.5. The molecule has 0 unspecified atom stereocenters. The molecule has 0 saturated heterocycles. The summed E-state index contributed by atoms with van der Waals surface area (Å²) in [6.07, 6.45) is 3.09. The number of primary amides is 1. The predicted octanol–water partition coefficient (Wildman–Crippen LogP) is 2.35. The molecule has 0 saturated carbocycles. The number of rotatable bonds is 4. The minimum Gasteiger partial charge on any atom is -0.352 e. The molecule has 0 spiro atoms. The lowest BCUT2D eigenvalue weighted by atomic mass is 9.72. The van der Waals surface area contributed by atoms with Gasteiger partial charge in [-0.25, -0.2) is 4.79 Å². The van der Waals surface area contributed by atoms with Crippen LogP contribution in [-0.2, 0) is 17.6 Å². The number of hydrogen-bond acceptors (Lipinski definition) is 4. The van der Waals surface area contributed by atoms with Crippen molar-refractivity contribution in [3.63, 3.8) is 0 Å². The smallest absolute Gasteiger partial charge is 0.312 e. The molecule has 5 N–H and O–H groups in total. The number of aryl methyl sites for hydroxylation is 1. The van der Waals surface area contributed by atoms with E-state index in [0.717, 1.165) is 19.3 Å². The van der Waals surface area contributed by atoms with Crippen molar-refractivity contribution in [3.8, 4) is 0 Å². The maximum absolute atomic E-state index is 12.4. The first kappa shape index (κ1) is 21.2. The minimum absolute atomic E-state index is 0.169. The van der Waals surface area contributed by atoms with Gasteiger partial charge < -0.3 is 11.1 Å². The van der Waals surface area contributed by atoms with Crippen LogP contribution < -0.4 is 21.9 Å². The maximum Gasteiger partial charge on any atom is 0.312 e. The van der Waals surface area contributed by atoms with Gasteiger partial charge in [0.2, 0.25) is 0 Å². The molecule has 0 fully saturated rings. The maximum atomic E-state index is 12.4. The Labute approximate surface area is 164 Å². The Balaban J connectivity index is 1.98. The Morgan fingerprint density at radius 2 is 1.89 bits per heavy atom. The predicted molar refractivity (Wildman–Crippen MR) is 106 cm³/mol. The van der Waals surface area contributed by atoms with E-state index in [1.807, 2.05) is 6.07 Å². The Bertz CT molecular complexity index is 721. The number of carbonyl (C=O) groups excluding carboxylic acids is 3. The van der Waals surface area contributed by atoms with Crippen molar-refractivity contribution >= 4 is 29.2 Å². The molecule has 1 aliphatic carbocycles. The van der Waals surface area contributed by atoms with Gasteiger partial charge in [-0.1, -0.05) is 34.6 Å². The van der Waals surface area contributed by atoms with Crippen molar-refractivity contribution in [2.24, 2.45) is 23.0 Å². The minimum atomic E-state index is -0.813. The number of nitrogens with two attached hydrogens (primary N) is 1. The second-order valence-corrected chi connectivity index (χ2v) is 9.68. The molecule has 8 heteroatoms. The number of urea groups is 1. The first-order valence-electron chi connectivity index (χ1n) is 9.26. The Morgan fingerprint density at radius 1 is 1.22 bits per heavy atom. The lowest BCUT2D eigenvalue weighted by Crippen LogP contribution is -2.55. The second-order valence-electron chi connectivity index (χ2n) is 8.54. The summed E-state index contributed by atoms with van der Waals surface area (Å²) in [7, 11) is 0. The number of carbonyl (C=O) groups is 3. The number of amides is 4. The number of fused-ring (bicyclic) bond motifs is 1. The van der Waals surface area contributed by atoms with E-state index in [9.17, 15) is 14.4 Å². The van der Waals surface area contributed by atoms with Gasteiger partial charge in [-0.2, -0.15) is 0 Å². The van der Waals surface area contributed by atoms with Gasteiger partial charge in [-0.15, -0.1) is 11.3 Å². The normalized spacial score (nSPS) is 17.8. The van der Waals surface area contributed by atoms with E-state index in [4.69, 9.17) is 5.73 Å². The molecule has 7 nitrogen and oxygen atoms in total. The van der Waals surface area contributed by atoms with E-state index < -0.39 is 18.0 Å². The quantitative estimate of drug-likeness (QED) is 0.588. The van der Waals surface area contributed by atoms with Gasteiger partial charge in [0.25, 0.3) is 11.8 Å². The van der Waals surface area contributed by atoms with Gasteiger partial charge in [-0.3, -0.25) is 20.4 Å². The molecule has 0 radical (unpaired) electrons. The van der Waals surface area contributed by atoms with Crippen LogP contribution in [0.1, 0.15) is 61.2 Å². The molecular weight excluding hydrogens is 364 g/mol. The fourth-order valence-corrected chi connectivity index (χ4v) is 4.42. The highest BCUT2D eigenvalue weighted by atomic mass is 32.1. The van der Waals surface area contributed by atoms with E-state index in [1.165, 1.54) is 21.8 Å². The second kappa shape index (κ2) is 8.29. The molecule has 0 aliphatic heterocycles. The van der Waals surface area contributed by atoms with E-state index in [2.05, 4.69) is 36.9 Å². The summed E-state index contributed by atoms with van der Waals surface area (Å²) in [5.41, 5.74) is 11.4. The van der Waals surface area contributed by atoms with Crippen LogP contribution in [-0.4, -0.2) is 23.9 Å². The van der Waals surface area contributed by atoms with Crippen molar-refractivity contribution in [2.75, 3.05) is 0 Å². The van der Waals surface area contributed by atoms with Crippen LogP contribution in [0.15, 0.2) is 6.07 Å². The fourth-order valence-electron chi connectivity index (χ4n) is 3.32. The van der Waals surface area contributed by atoms with Crippen LogP contribution in [0.25, 0.3) is 0 Å². The molecular formula is C19H30N4O3S. The van der Waals surface area contributed by atoms with Crippen LogP contribution in [0.5, 0.6) is 0 Å². The molecule has 1 heterocycles. The van der Waals surface area contributed by atoms with Gasteiger partial charge in [0, 0.05) is 4.88 Å². The summed E-state index contributed by atoms with van der Waals surface area (Å²) in [6.45, 7) is 10.3. The average molecular weight is 395 g/mol. The van der Waals surface area contributed by atoms with Crippen molar-refractivity contribution < 1.29 is 14.4 Å². The highest BCUT2D eigenvalue weighted by Gasteiger charge is 2.30. The zero-order valence-electron chi connectivity index (χ0n) is 16.6. The standard InChI is InChI=1S/C19H30N4O3S/c1-10(2)15(21-18(20)26)17(25)23-22-16(24)14-9-11-8-12(19(3,4)5)6-7-13(11)27-14/h9-10,12,15H,6-8H2,1-5H3,(H,22,24)(H,23,25)(H3,20,21,26)/t12-,15-/m1/s1. The third-order valence-electron chi connectivity index (χ3n) is 5.08. The summed E-state index contributed by atoms with van der Waals surface area (Å²) in [5.74, 6) is -0.428. The van der Waals surface area contributed by atoms with Crippen LogP contribution in [0.2, 0.25) is 0 Å². The summed E-state index contributed by atoms with van der Waals surface area (Å²) >= 11 is 1.48. The van der Waals surface area contributed by atoms with E-state index >= 15 is 0 Å². The molecule has 1 aromatic heterocycles. The SMILES string of the molecule is CC(C)[C@@H](NC(N)=O)C(=O)NNC(=O)c1cc2c(s1)CC[C@@H](C(C)(C)C)C2. The van der Waals surface area contributed by atoms with Crippen LogP contribution >= 0.6 is 11.3 Å². The fraction of sp³-hybridized carbons (Fsp3) is 0.632. The summed E-state index contributed by atoms with van der Waals surface area (Å²) in [6, 6.07) is 0.336. The van der Waals surface area contributed by atoms with E-state index in [0.29, 0.717) is 10.8 Å². The van der Waals surface area contributed by atoms with Crippen molar-refractivity contribution in [1.29, 1.82) is 0 Å². The Kier molecular flexibility index (Phi) is 6.51. The van der Waals surface area contributed by atoms with Crippen LogP contribution in [0.4, 0.5) is 4.79 Å². The third kappa shape index (κ3) is 5.45. The van der Waals surface area contributed by atoms with Crippen LogP contribution in [0.3, 0.4) is 0 Å². The molecule has 150 valence electrons. The van der Waals surface area contributed by atoms with Crippen LogP contribution in [0, 0.1) is 17.3 Å². The Morgan fingerprint density at radius 3 is 2.44 bits per heavy atom. The summed E-state index contributed by atoms with van der Waals surface area (Å²) in [5, 5.41) is 2.38. The van der Waals surface area contributed by atoms with Gasteiger partial charge >= 0.3 is 6.03 Å². The summed E-state index contributed by atoms with van der Waals surface area (Å²) < 4.78 is 0.